The molecule has 3 heterocycles. The predicted octanol–water partition coefficient (Wildman–Crippen LogP) is 3.63. The summed E-state index contributed by atoms with van der Waals surface area (Å²) in [6.07, 6.45) is 5.60. The molecular formula is C23H23NO6. The van der Waals surface area contributed by atoms with Crippen LogP contribution in [-0.4, -0.2) is 43.1 Å². The van der Waals surface area contributed by atoms with Crippen molar-refractivity contribution < 1.29 is 27.9 Å². The van der Waals surface area contributed by atoms with Crippen molar-refractivity contribution in [1.29, 1.82) is 0 Å². The number of likely N-dealkylation sites (tertiary alicyclic amines) is 1. The van der Waals surface area contributed by atoms with Crippen molar-refractivity contribution in [3.8, 4) is 0 Å². The quantitative estimate of drug-likeness (QED) is 0.525. The Hall–Kier alpha value is -3.32. The van der Waals surface area contributed by atoms with E-state index in [-0.39, 0.29) is 25.0 Å². The number of nitrogens with zero attached hydrogens (tertiary/aromatic N) is 1. The largest absolute Gasteiger partial charge is 0.472 e. The molecule has 3 aromatic rings. The fourth-order valence-corrected chi connectivity index (χ4v) is 3.68. The lowest BCUT2D eigenvalue weighted by atomic mass is 9.98. The molecule has 1 aliphatic rings. The predicted molar refractivity (Wildman–Crippen MR) is 107 cm³/mol. The fraction of sp³-hybridized carbons (Fsp3) is 0.304. The molecule has 7 nitrogen and oxygen atoms in total. The molecule has 0 bridgehead atoms. The van der Waals surface area contributed by atoms with Gasteiger partial charge in [-0.1, -0.05) is 30.3 Å². The van der Waals surface area contributed by atoms with E-state index in [1.165, 1.54) is 30.6 Å². The number of furan rings is 2. The maximum atomic E-state index is 12.2. The van der Waals surface area contributed by atoms with Crippen molar-refractivity contribution in [3.05, 3.63) is 84.2 Å². The van der Waals surface area contributed by atoms with Crippen LogP contribution >= 0.6 is 0 Å². The van der Waals surface area contributed by atoms with Gasteiger partial charge in [0, 0.05) is 31.5 Å². The summed E-state index contributed by atoms with van der Waals surface area (Å²) in [7, 11) is 0. The number of hydrogen-bond donors (Lipinski definition) is 0. The van der Waals surface area contributed by atoms with Gasteiger partial charge in [0.1, 0.15) is 12.5 Å². The van der Waals surface area contributed by atoms with Crippen LogP contribution < -0.4 is 0 Å². The van der Waals surface area contributed by atoms with Crippen molar-refractivity contribution >= 4 is 11.9 Å². The van der Waals surface area contributed by atoms with Crippen LogP contribution in [0.5, 0.6) is 0 Å². The Morgan fingerprint density at radius 3 is 1.83 bits per heavy atom. The van der Waals surface area contributed by atoms with Gasteiger partial charge in [0.2, 0.25) is 0 Å². The molecule has 1 fully saturated rings. The van der Waals surface area contributed by atoms with Crippen molar-refractivity contribution in [1.82, 2.24) is 4.90 Å². The lowest BCUT2D eigenvalue weighted by molar-refractivity contribution is 0.0290. The average molecular weight is 409 g/mol. The molecular weight excluding hydrogens is 386 g/mol. The Labute approximate surface area is 174 Å². The number of esters is 2. The first-order valence-electron chi connectivity index (χ1n) is 9.84. The van der Waals surface area contributed by atoms with Crippen LogP contribution in [-0.2, 0) is 16.0 Å². The Kier molecular flexibility index (Phi) is 6.29. The van der Waals surface area contributed by atoms with Gasteiger partial charge in [0.15, 0.2) is 0 Å². The summed E-state index contributed by atoms with van der Waals surface area (Å²) >= 11 is 0. The highest BCUT2D eigenvalue weighted by molar-refractivity contribution is 5.89. The maximum Gasteiger partial charge on any atom is 0.341 e. The van der Waals surface area contributed by atoms with Crippen molar-refractivity contribution in [3.63, 3.8) is 0 Å². The van der Waals surface area contributed by atoms with Gasteiger partial charge in [0.05, 0.1) is 36.9 Å². The highest BCUT2D eigenvalue weighted by atomic mass is 16.5. The minimum atomic E-state index is -0.417. The zero-order valence-electron chi connectivity index (χ0n) is 16.4. The summed E-state index contributed by atoms with van der Waals surface area (Å²) < 4.78 is 20.9. The Morgan fingerprint density at radius 2 is 1.37 bits per heavy atom. The lowest BCUT2D eigenvalue weighted by Gasteiger charge is -2.18. The lowest BCUT2D eigenvalue weighted by Crippen LogP contribution is -2.25. The number of ether oxygens (including phenoxy) is 2. The van der Waals surface area contributed by atoms with E-state index in [1.54, 1.807) is 12.1 Å². The first kappa shape index (κ1) is 20.0. The van der Waals surface area contributed by atoms with Gasteiger partial charge in [-0.3, -0.25) is 4.90 Å². The highest BCUT2D eigenvalue weighted by Gasteiger charge is 2.35. The molecule has 0 N–H and O–H groups in total. The summed E-state index contributed by atoms with van der Waals surface area (Å²) in [4.78, 5) is 26.6. The summed E-state index contributed by atoms with van der Waals surface area (Å²) in [5.74, 6) is -0.720. The zero-order chi connectivity index (χ0) is 20.8. The van der Waals surface area contributed by atoms with Gasteiger partial charge in [-0.25, -0.2) is 9.59 Å². The normalized spacial score (nSPS) is 18.9. The Bertz CT molecular complexity index is 877. The van der Waals surface area contributed by atoms with Gasteiger partial charge in [-0.05, 0) is 17.7 Å². The third-order valence-electron chi connectivity index (χ3n) is 5.27. The van der Waals surface area contributed by atoms with Crippen molar-refractivity contribution in [2.45, 2.75) is 6.54 Å². The summed E-state index contributed by atoms with van der Waals surface area (Å²) in [6.45, 7) is 2.80. The minimum absolute atomic E-state index is 0.0571. The number of carbonyl (C=O) groups excluding carboxylic acids is 2. The topological polar surface area (TPSA) is 82.1 Å². The van der Waals surface area contributed by atoms with Gasteiger partial charge in [-0.15, -0.1) is 0 Å². The molecule has 0 radical (unpaired) electrons. The number of carbonyl (C=O) groups is 2. The minimum Gasteiger partial charge on any atom is -0.472 e. The van der Waals surface area contributed by atoms with Crippen molar-refractivity contribution in [2.75, 3.05) is 26.3 Å². The smallest absolute Gasteiger partial charge is 0.341 e. The van der Waals surface area contributed by atoms with Crippen LogP contribution in [0.3, 0.4) is 0 Å². The first-order valence-corrected chi connectivity index (χ1v) is 9.84. The second-order valence-corrected chi connectivity index (χ2v) is 7.42. The van der Waals surface area contributed by atoms with E-state index in [0.717, 1.165) is 19.6 Å². The van der Waals surface area contributed by atoms with Crippen molar-refractivity contribution in [2.24, 2.45) is 11.8 Å². The third kappa shape index (κ3) is 4.99. The standard InChI is InChI=1S/C23H23NO6/c25-22(18-6-8-27-13-18)29-15-20-11-24(10-17-4-2-1-3-5-17)12-21(20)16-30-23(26)19-7-9-28-14-19/h1-9,13-14,20-21H,10-12,15-16H2/t20-,21-/m1/s1. The van der Waals surface area contributed by atoms with E-state index in [9.17, 15) is 9.59 Å². The SMILES string of the molecule is O=C(OC[C@H]1CN(Cc2ccccc2)C[C@@H]1COC(=O)c1ccoc1)c1ccoc1. The van der Waals surface area contributed by atoms with E-state index in [0.29, 0.717) is 11.1 Å². The molecule has 0 unspecified atom stereocenters. The van der Waals surface area contributed by atoms with Crippen LogP contribution in [0.2, 0.25) is 0 Å². The number of hydrogen-bond acceptors (Lipinski definition) is 7. The molecule has 0 spiro atoms. The van der Waals surface area contributed by atoms with Crippen LogP contribution in [0.15, 0.2) is 76.4 Å². The summed E-state index contributed by atoms with van der Waals surface area (Å²) in [5.41, 5.74) is 1.98. The second-order valence-electron chi connectivity index (χ2n) is 7.42. The van der Waals surface area contributed by atoms with Gasteiger partial charge < -0.3 is 18.3 Å². The highest BCUT2D eigenvalue weighted by Crippen LogP contribution is 2.26. The molecule has 30 heavy (non-hydrogen) atoms. The van der Waals surface area contributed by atoms with Crippen LogP contribution in [0.25, 0.3) is 0 Å². The summed E-state index contributed by atoms with van der Waals surface area (Å²) in [5, 5.41) is 0. The number of rotatable bonds is 8. The van der Waals surface area contributed by atoms with E-state index >= 15 is 0 Å². The molecule has 156 valence electrons. The second kappa shape index (κ2) is 9.45. The third-order valence-corrected chi connectivity index (χ3v) is 5.27. The van der Waals surface area contributed by atoms with E-state index in [4.69, 9.17) is 18.3 Å². The molecule has 2 atom stereocenters. The molecule has 1 aromatic carbocycles. The van der Waals surface area contributed by atoms with E-state index in [2.05, 4.69) is 17.0 Å². The molecule has 2 aromatic heterocycles. The fourth-order valence-electron chi connectivity index (χ4n) is 3.68. The monoisotopic (exact) mass is 409 g/mol. The van der Waals surface area contributed by atoms with Gasteiger partial charge in [0.25, 0.3) is 0 Å². The van der Waals surface area contributed by atoms with Crippen LogP contribution in [0.4, 0.5) is 0 Å². The van der Waals surface area contributed by atoms with Gasteiger partial charge in [-0.2, -0.15) is 0 Å². The molecule has 0 saturated carbocycles. The van der Waals surface area contributed by atoms with Crippen LogP contribution in [0, 0.1) is 11.8 Å². The molecule has 1 saturated heterocycles. The average Bonchev–Trinajstić information content (AvgIpc) is 3.53. The molecule has 4 rings (SSSR count). The van der Waals surface area contributed by atoms with Gasteiger partial charge >= 0.3 is 11.9 Å². The molecule has 7 heteroatoms. The summed E-state index contributed by atoms with van der Waals surface area (Å²) in [6, 6.07) is 13.3. The Balaban J connectivity index is 1.37. The van der Waals surface area contributed by atoms with E-state index < -0.39 is 11.9 Å². The Morgan fingerprint density at radius 1 is 0.833 bits per heavy atom. The maximum absolute atomic E-state index is 12.2. The van der Waals surface area contributed by atoms with E-state index in [1.807, 2.05) is 18.2 Å². The number of benzene rings is 1. The first-order chi connectivity index (χ1) is 14.7. The molecule has 1 aliphatic heterocycles. The molecule has 0 amide bonds. The molecule has 0 aliphatic carbocycles. The van der Waals surface area contributed by atoms with Crippen LogP contribution in [0.1, 0.15) is 26.3 Å². The zero-order valence-corrected chi connectivity index (χ0v) is 16.4.